The molecule has 0 spiro atoms. The molecule has 9 N–H and O–H groups in total. The van der Waals surface area contributed by atoms with Crippen LogP contribution in [-0.4, -0.2) is 163 Å². The van der Waals surface area contributed by atoms with Crippen molar-refractivity contribution in [3.63, 3.8) is 0 Å². The second-order valence-corrected chi connectivity index (χ2v) is 17.1. The van der Waals surface area contributed by atoms with Gasteiger partial charge < -0.3 is 71.0 Å². The molecule has 2 saturated heterocycles. The molecule has 2 aromatic carbocycles. The molecule has 0 saturated carbocycles. The van der Waals surface area contributed by atoms with Crippen LogP contribution in [0.1, 0.15) is 48.0 Å². The molecule has 0 aliphatic carbocycles. The molecule has 7 amide bonds. The standard InChI is InChI=1S/C47H66N8O12S/c1-32-33(34-9-10-36(46(48)60)44-35(34)13-15-52-44)5-4-6-37(32)53-43(59)12-11-41(57)50-17-21-63-24-25-64-22-18-51-42(58)14-19-62-23-27-66-29-30-67-28-26-65-20-16-49-40(56)8-3-2-7-39-45-38(31-68-39)54-47(61)55-45/h4-6,9-13,15,38-39,45,52H,2-3,7-8,14,16-31H2,1H3,(H2,48,60)(H,49,56)(H,50,57)(H,51,58)(H,53,59)(H2,54,55,61)/b12-11-/t38-,39-,45-/m1/s1. The van der Waals surface area contributed by atoms with Crippen LogP contribution in [0, 0.1) is 6.92 Å². The summed E-state index contributed by atoms with van der Waals surface area (Å²) >= 11 is 1.89. The lowest BCUT2D eigenvalue weighted by Gasteiger charge is -2.16. The Morgan fingerprint density at radius 2 is 1.29 bits per heavy atom. The molecule has 3 atom stereocenters. The first-order valence-electron chi connectivity index (χ1n) is 23.1. The van der Waals surface area contributed by atoms with Crippen LogP contribution in [0.15, 0.2) is 54.7 Å². The zero-order valence-electron chi connectivity index (χ0n) is 38.7. The maximum absolute atomic E-state index is 12.6. The lowest BCUT2D eigenvalue weighted by atomic mass is 9.94. The molecule has 2 aliphatic rings. The number of aromatic amines is 1. The van der Waals surface area contributed by atoms with E-state index < -0.39 is 17.7 Å². The van der Waals surface area contributed by atoms with Gasteiger partial charge in [0.2, 0.25) is 23.6 Å². The van der Waals surface area contributed by atoms with E-state index >= 15 is 0 Å². The van der Waals surface area contributed by atoms with E-state index in [0.717, 1.165) is 59.2 Å². The number of rotatable bonds is 34. The number of nitrogens with one attached hydrogen (secondary N) is 7. The van der Waals surface area contributed by atoms with E-state index in [1.165, 1.54) is 0 Å². The van der Waals surface area contributed by atoms with Gasteiger partial charge in [0.05, 0.1) is 102 Å². The fourth-order valence-electron chi connectivity index (χ4n) is 7.52. The summed E-state index contributed by atoms with van der Waals surface area (Å²) in [6.45, 7) is 7.16. The highest BCUT2D eigenvalue weighted by Crippen LogP contribution is 2.35. The second kappa shape index (κ2) is 30.0. The number of hydrogen-bond donors (Lipinski definition) is 8. The monoisotopic (exact) mass is 966 g/mol. The molecule has 3 aromatic rings. The van der Waals surface area contributed by atoms with Crippen molar-refractivity contribution in [1.82, 2.24) is 31.6 Å². The van der Waals surface area contributed by atoms with Crippen LogP contribution in [0.3, 0.4) is 0 Å². The van der Waals surface area contributed by atoms with E-state index in [9.17, 15) is 28.8 Å². The number of primary amides is 1. The van der Waals surface area contributed by atoms with Crippen LogP contribution < -0.4 is 37.6 Å². The van der Waals surface area contributed by atoms with Crippen LogP contribution in [0.4, 0.5) is 10.5 Å². The molecular formula is C47H66N8O12S. The number of H-pyrrole nitrogens is 1. The minimum Gasteiger partial charge on any atom is -0.379 e. The van der Waals surface area contributed by atoms with Gasteiger partial charge in [-0.25, -0.2) is 4.79 Å². The van der Waals surface area contributed by atoms with Crippen LogP contribution >= 0.6 is 11.8 Å². The molecule has 2 aliphatic heterocycles. The quantitative estimate of drug-likeness (QED) is 0.0243. The summed E-state index contributed by atoms with van der Waals surface area (Å²) in [5.41, 5.74) is 9.70. The number of thioether (sulfide) groups is 1. The van der Waals surface area contributed by atoms with Gasteiger partial charge in [0.15, 0.2) is 0 Å². The Bertz CT molecular complexity index is 2140. The maximum atomic E-state index is 12.6. The van der Waals surface area contributed by atoms with Gasteiger partial charge in [-0.3, -0.25) is 24.0 Å². The van der Waals surface area contributed by atoms with Crippen molar-refractivity contribution in [2.75, 3.05) is 110 Å². The number of anilines is 1. The molecule has 21 heteroatoms. The SMILES string of the molecule is Cc1c(NC(=O)/C=C\C(=O)NCCOCCOCCNC(=O)CCOCCOCCOCCOCCNC(=O)CCCC[C@H]2SC[C@H]3NC(=O)N[C@H]32)cccc1-c1ccc(C(N)=O)c2[nH]ccc12. The third-order valence-electron chi connectivity index (χ3n) is 11.0. The summed E-state index contributed by atoms with van der Waals surface area (Å²) < 4.78 is 32.9. The first-order chi connectivity index (χ1) is 33.1. The first-order valence-corrected chi connectivity index (χ1v) is 24.1. The highest BCUT2D eigenvalue weighted by molar-refractivity contribution is 8.00. The topological polar surface area (TPSA) is 272 Å². The number of urea groups is 1. The fourth-order valence-corrected chi connectivity index (χ4v) is 9.06. The Kier molecular flexibility index (Phi) is 23.6. The Balaban J connectivity index is 0.743. The number of nitrogens with two attached hydrogens (primary N) is 1. The smallest absolute Gasteiger partial charge is 0.315 e. The lowest BCUT2D eigenvalue weighted by Crippen LogP contribution is -2.36. The maximum Gasteiger partial charge on any atom is 0.315 e. The molecule has 1 aromatic heterocycles. The Morgan fingerprint density at radius 1 is 0.691 bits per heavy atom. The minimum absolute atomic E-state index is 0.0181. The minimum atomic E-state index is -0.529. The normalized spacial score (nSPS) is 16.4. The van der Waals surface area contributed by atoms with Gasteiger partial charge >= 0.3 is 6.03 Å². The average molecular weight is 967 g/mol. The van der Waals surface area contributed by atoms with Crippen LogP contribution in [0.2, 0.25) is 0 Å². The van der Waals surface area contributed by atoms with Crippen molar-refractivity contribution in [2.24, 2.45) is 5.73 Å². The molecule has 20 nitrogen and oxygen atoms in total. The van der Waals surface area contributed by atoms with E-state index in [0.29, 0.717) is 108 Å². The van der Waals surface area contributed by atoms with E-state index in [4.69, 9.17) is 34.2 Å². The van der Waals surface area contributed by atoms with Crippen molar-refractivity contribution < 1.29 is 57.2 Å². The van der Waals surface area contributed by atoms with Gasteiger partial charge in [-0.05, 0) is 54.7 Å². The molecule has 372 valence electrons. The van der Waals surface area contributed by atoms with Gasteiger partial charge in [-0.1, -0.05) is 24.6 Å². The number of amides is 7. The van der Waals surface area contributed by atoms with Crippen molar-refractivity contribution in [3.8, 4) is 11.1 Å². The predicted octanol–water partition coefficient (Wildman–Crippen LogP) is 2.30. The second-order valence-electron chi connectivity index (χ2n) is 15.9. The van der Waals surface area contributed by atoms with Crippen molar-refractivity contribution in [3.05, 3.63) is 65.9 Å². The molecular weight excluding hydrogens is 901 g/mol. The van der Waals surface area contributed by atoms with Gasteiger partial charge in [-0.15, -0.1) is 0 Å². The number of unbranched alkanes of at least 4 members (excludes halogenated alkanes) is 1. The molecule has 5 rings (SSSR count). The van der Waals surface area contributed by atoms with E-state index in [2.05, 4.69) is 36.9 Å². The zero-order valence-corrected chi connectivity index (χ0v) is 39.5. The summed E-state index contributed by atoms with van der Waals surface area (Å²) in [6, 6.07) is 11.2. The average Bonchev–Trinajstić information content (AvgIpc) is 4.06. The summed E-state index contributed by atoms with van der Waals surface area (Å²) in [5, 5.41) is 18.3. The summed E-state index contributed by atoms with van der Waals surface area (Å²) in [4.78, 5) is 75.4. The summed E-state index contributed by atoms with van der Waals surface area (Å²) in [5.74, 6) is -0.635. The van der Waals surface area contributed by atoms with Crippen LogP contribution in [-0.2, 0) is 47.6 Å². The van der Waals surface area contributed by atoms with Gasteiger partial charge in [0, 0.05) is 72.9 Å². The predicted molar refractivity (Wildman–Crippen MR) is 257 cm³/mol. The summed E-state index contributed by atoms with van der Waals surface area (Å²) in [6.07, 6.45) is 7.51. The third kappa shape index (κ3) is 18.5. The zero-order chi connectivity index (χ0) is 48.4. The molecule has 0 bridgehead atoms. The lowest BCUT2D eigenvalue weighted by molar-refractivity contribution is -0.123. The van der Waals surface area contributed by atoms with Crippen LogP contribution in [0.25, 0.3) is 22.0 Å². The highest BCUT2D eigenvalue weighted by atomic mass is 32.2. The van der Waals surface area contributed by atoms with Crippen LogP contribution in [0.5, 0.6) is 0 Å². The van der Waals surface area contributed by atoms with Crippen molar-refractivity contribution >= 4 is 63.9 Å². The van der Waals surface area contributed by atoms with Gasteiger partial charge in [0.25, 0.3) is 5.91 Å². The third-order valence-corrected chi connectivity index (χ3v) is 12.5. The Hall–Kier alpha value is -5.55. The number of ether oxygens (including phenoxy) is 6. The number of carbonyl (C=O) groups is 6. The molecule has 2 fully saturated rings. The Morgan fingerprint density at radius 3 is 1.96 bits per heavy atom. The number of benzene rings is 2. The summed E-state index contributed by atoms with van der Waals surface area (Å²) in [7, 11) is 0. The number of carbonyl (C=O) groups excluding carboxylic acids is 6. The molecule has 0 radical (unpaired) electrons. The number of hydrogen-bond acceptors (Lipinski definition) is 13. The van der Waals surface area contributed by atoms with Gasteiger partial charge in [-0.2, -0.15) is 11.8 Å². The number of aromatic nitrogens is 1. The number of fused-ring (bicyclic) bond motifs is 2. The largest absolute Gasteiger partial charge is 0.379 e. The first kappa shape index (κ1) is 53.4. The molecule has 3 heterocycles. The fraction of sp³-hybridized carbons (Fsp3) is 0.532. The van der Waals surface area contributed by atoms with Crippen molar-refractivity contribution in [1.29, 1.82) is 0 Å². The van der Waals surface area contributed by atoms with E-state index in [1.807, 2.05) is 43.0 Å². The van der Waals surface area contributed by atoms with Gasteiger partial charge in [0.1, 0.15) is 0 Å². The highest BCUT2D eigenvalue weighted by Gasteiger charge is 2.42. The molecule has 0 unspecified atom stereocenters. The van der Waals surface area contributed by atoms with Crippen molar-refractivity contribution in [2.45, 2.75) is 56.4 Å². The Labute approximate surface area is 400 Å². The van der Waals surface area contributed by atoms with E-state index in [1.54, 1.807) is 18.3 Å². The molecule has 68 heavy (non-hydrogen) atoms. The van der Waals surface area contributed by atoms with E-state index in [-0.39, 0.29) is 56.1 Å².